The second-order valence-electron chi connectivity index (χ2n) is 2.28. The lowest BCUT2D eigenvalue weighted by Gasteiger charge is -2.02. The minimum Gasteiger partial charge on any atom is -0.494 e. The van der Waals surface area contributed by atoms with Crippen LogP contribution in [0.4, 0.5) is 5.69 Å². The van der Waals surface area contributed by atoms with E-state index in [1.165, 1.54) is 25.3 Å². The van der Waals surface area contributed by atoms with Gasteiger partial charge in [0, 0.05) is 0 Å². The molecule has 0 unspecified atom stereocenters. The van der Waals surface area contributed by atoms with Crippen molar-refractivity contribution in [2.75, 3.05) is 7.11 Å². The number of hydrogen-bond acceptors (Lipinski definition) is 4. The van der Waals surface area contributed by atoms with Crippen LogP contribution in [0.2, 0.25) is 0 Å². The maximum atomic E-state index is 10.5. The lowest BCUT2D eigenvalue weighted by atomic mass is 10.2. The summed E-state index contributed by atoms with van der Waals surface area (Å²) < 4.78 is 4.77. The van der Waals surface area contributed by atoms with Crippen LogP contribution in [0, 0.1) is 4.91 Å². The lowest BCUT2D eigenvalue weighted by Crippen LogP contribution is -1.96. The molecular weight excluding hydrogens is 174 g/mol. The summed E-state index contributed by atoms with van der Waals surface area (Å²) in [6.45, 7) is 0. The summed E-state index contributed by atoms with van der Waals surface area (Å²) >= 11 is 0. The Hall–Kier alpha value is -1.91. The molecule has 0 aliphatic carbocycles. The summed E-state index contributed by atoms with van der Waals surface area (Å²) in [5, 5.41) is 11.3. The highest BCUT2D eigenvalue weighted by molar-refractivity contribution is 5.88. The molecule has 0 aromatic heterocycles. The molecule has 0 saturated heterocycles. The maximum absolute atomic E-state index is 10.5. The first-order valence-corrected chi connectivity index (χ1v) is 3.43. The molecule has 5 heteroatoms. The van der Waals surface area contributed by atoms with E-state index in [2.05, 4.69) is 5.18 Å². The molecule has 0 heterocycles. The molecule has 1 aromatic rings. The first-order valence-electron chi connectivity index (χ1n) is 3.43. The van der Waals surface area contributed by atoms with Crippen LogP contribution in [0.3, 0.4) is 0 Å². The fourth-order valence-electron chi connectivity index (χ4n) is 0.886. The normalized spacial score (nSPS) is 9.31. The summed E-state index contributed by atoms with van der Waals surface area (Å²) in [6, 6.07) is 3.84. The van der Waals surface area contributed by atoms with Crippen LogP contribution in [0.1, 0.15) is 10.4 Å². The van der Waals surface area contributed by atoms with Crippen LogP contribution < -0.4 is 4.74 Å². The van der Waals surface area contributed by atoms with E-state index >= 15 is 0 Å². The minimum absolute atomic E-state index is 0.0595. The number of carboxylic acids is 1. The Morgan fingerprint density at radius 3 is 2.69 bits per heavy atom. The van der Waals surface area contributed by atoms with Crippen molar-refractivity contribution in [1.82, 2.24) is 0 Å². The predicted octanol–water partition coefficient (Wildman–Crippen LogP) is 1.79. The van der Waals surface area contributed by atoms with Gasteiger partial charge < -0.3 is 9.84 Å². The fourth-order valence-corrected chi connectivity index (χ4v) is 0.886. The number of carboxylic acid groups (broad SMARTS) is 1. The van der Waals surface area contributed by atoms with E-state index in [4.69, 9.17) is 9.84 Å². The highest BCUT2D eigenvalue weighted by Crippen LogP contribution is 2.27. The van der Waals surface area contributed by atoms with E-state index in [0.717, 1.165) is 0 Å². The van der Waals surface area contributed by atoms with Crippen LogP contribution in [0.15, 0.2) is 23.4 Å². The molecule has 13 heavy (non-hydrogen) atoms. The fraction of sp³-hybridized carbons (Fsp3) is 0.125. The standard InChI is InChI=1S/C8H7NO4/c1-13-7-4-5(8(10)11)2-3-6(7)9-12/h2-4H,1H3,(H,10,11). The Balaban J connectivity index is 3.20. The molecule has 0 fully saturated rings. The molecule has 68 valence electrons. The van der Waals surface area contributed by atoms with Crippen molar-refractivity contribution in [2.24, 2.45) is 5.18 Å². The van der Waals surface area contributed by atoms with Crippen molar-refractivity contribution in [3.63, 3.8) is 0 Å². The molecule has 1 rings (SSSR count). The highest BCUT2D eigenvalue weighted by atomic mass is 16.5. The second kappa shape index (κ2) is 3.66. The van der Waals surface area contributed by atoms with Crippen molar-refractivity contribution >= 4 is 11.7 Å². The maximum Gasteiger partial charge on any atom is 0.335 e. The number of nitroso groups, excluding NO2 is 1. The van der Waals surface area contributed by atoms with Crippen LogP contribution in [0.5, 0.6) is 5.75 Å². The molecule has 0 bridgehead atoms. The lowest BCUT2D eigenvalue weighted by molar-refractivity contribution is 0.0696. The van der Waals surface area contributed by atoms with E-state index in [-0.39, 0.29) is 17.0 Å². The molecule has 0 aliphatic heterocycles. The van der Waals surface area contributed by atoms with Gasteiger partial charge >= 0.3 is 5.97 Å². The zero-order valence-corrected chi connectivity index (χ0v) is 6.85. The summed E-state index contributed by atoms with van der Waals surface area (Å²) in [5.74, 6) is -0.911. The largest absolute Gasteiger partial charge is 0.494 e. The van der Waals surface area contributed by atoms with E-state index in [1.54, 1.807) is 0 Å². The average Bonchev–Trinajstić information content (AvgIpc) is 2.16. The minimum atomic E-state index is -1.07. The summed E-state index contributed by atoms with van der Waals surface area (Å²) in [6.07, 6.45) is 0. The Bertz CT molecular complexity index is 348. The monoisotopic (exact) mass is 181 g/mol. The van der Waals surface area contributed by atoms with Gasteiger partial charge in [-0.3, -0.25) is 0 Å². The average molecular weight is 181 g/mol. The van der Waals surface area contributed by atoms with Gasteiger partial charge in [0.05, 0.1) is 12.7 Å². The number of benzene rings is 1. The van der Waals surface area contributed by atoms with Gasteiger partial charge in [-0.25, -0.2) is 4.79 Å². The topological polar surface area (TPSA) is 76.0 Å². The Labute approximate surface area is 73.9 Å². The highest BCUT2D eigenvalue weighted by Gasteiger charge is 2.08. The third-order valence-corrected chi connectivity index (χ3v) is 1.53. The molecule has 0 spiro atoms. The van der Waals surface area contributed by atoms with E-state index < -0.39 is 5.97 Å². The van der Waals surface area contributed by atoms with Crippen molar-refractivity contribution < 1.29 is 14.6 Å². The molecule has 0 saturated carbocycles. The van der Waals surface area contributed by atoms with Gasteiger partial charge in [0.2, 0.25) is 0 Å². The molecule has 1 aromatic carbocycles. The number of nitrogens with zero attached hydrogens (tertiary/aromatic N) is 1. The van der Waals surface area contributed by atoms with Crippen molar-refractivity contribution in [3.8, 4) is 5.75 Å². The van der Waals surface area contributed by atoms with Gasteiger partial charge in [0.1, 0.15) is 11.4 Å². The van der Waals surface area contributed by atoms with Crippen molar-refractivity contribution in [3.05, 3.63) is 28.7 Å². The summed E-state index contributed by atoms with van der Waals surface area (Å²) in [7, 11) is 1.34. The summed E-state index contributed by atoms with van der Waals surface area (Å²) in [4.78, 5) is 20.7. The molecule has 5 nitrogen and oxygen atoms in total. The van der Waals surface area contributed by atoms with Crippen LogP contribution >= 0.6 is 0 Å². The molecule has 0 radical (unpaired) electrons. The SMILES string of the molecule is COc1cc(C(=O)O)ccc1N=O. The van der Waals surface area contributed by atoms with Crippen LogP contribution in [-0.2, 0) is 0 Å². The third kappa shape index (κ3) is 1.81. The van der Waals surface area contributed by atoms with Gasteiger partial charge in [-0.15, -0.1) is 4.91 Å². The van der Waals surface area contributed by atoms with Gasteiger partial charge in [-0.2, -0.15) is 0 Å². The van der Waals surface area contributed by atoms with E-state index in [9.17, 15) is 9.70 Å². The van der Waals surface area contributed by atoms with E-state index in [0.29, 0.717) is 0 Å². The molecule has 0 amide bonds. The van der Waals surface area contributed by atoms with Gasteiger partial charge in [0.15, 0.2) is 0 Å². The molecule has 0 aliphatic rings. The number of ether oxygens (including phenoxy) is 1. The van der Waals surface area contributed by atoms with Crippen LogP contribution in [-0.4, -0.2) is 18.2 Å². The number of carbonyl (C=O) groups is 1. The third-order valence-electron chi connectivity index (χ3n) is 1.53. The first kappa shape index (κ1) is 9.18. The Morgan fingerprint density at radius 2 is 2.23 bits per heavy atom. The van der Waals surface area contributed by atoms with Crippen molar-refractivity contribution in [1.29, 1.82) is 0 Å². The Morgan fingerprint density at radius 1 is 1.54 bits per heavy atom. The Kier molecular flexibility index (Phi) is 2.59. The first-order chi connectivity index (χ1) is 6.19. The zero-order valence-electron chi connectivity index (χ0n) is 6.85. The van der Waals surface area contributed by atoms with E-state index in [1.807, 2.05) is 0 Å². The smallest absolute Gasteiger partial charge is 0.335 e. The number of methoxy groups -OCH3 is 1. The molecular formula is C8H7NO4. The quantitative estimate of drug-likeness (QED) is 0.721. The zero-order chi connectivity index (χ0) is 9.84. The second-order valence-corrected chi connectivity index (χ2v) is 2.28. The van der Waals surface area contributed by atoms with Crippen molar-refractivity contribution in [2.45, 2.75) is 0 Å². The van der Waals surface area contributed by atoms with Crippen LogP contribution in [0.25, 0.3) is 0 Å². The van der Waals surface area contributed by atoms with Gasteiger partial charge in [0.25, 0.3) is 0 Å². The number of rotatable bonds is 3. The molecule has 0 atom stereocenters. The van der Waals surface area contributed by atoms with Gasteiger partial charge in [-0.05, 0) is 23.4 Å². The predicted molar refractivity (Wildman–Crippen MR) is 45.4 cm³/mol. The number of hydrogen-bond donors (Lipinski definition) is 1. The number of aromatic carboxylic acids is 1. The van der Waals surface area contributed by atoms with Gasteiger partial charge in [-0.1, -0.05) is 0 Å². The summed E-state index contributed by atoms with van der Waals surface area (Å²) in [5.41, 5.74) is 0.150. The molecule has 1 N–H and O–H groups in total.